The molecule has 0 saturated heterocycles. The van der Waals surface area contributed by atoms with Gasteiger partial charge in [-0.2, -0.15) is 0 Å². The van der Waals surface area contributed by atoms with Crippen LogP contribution in [-0.2, 0) is 16.0 Å². The molecule has 0 aliphatic heterocycles. The molecule has 1 N–H and O–H groups in total. The molecular formula is C12H15NO3. The van der Waals surface area contributed by atoms with Crippen molar-refractivity contribution in [3.63, 3.8) is 0 Å². The second-order valence-corrected chi connectivity index (χ2v) is 3.48. The van der Waals surface area contributed by atoms with Gasteiger partial charge in [-0.3, -0.25) is 4.98 Å². The molecule has 0 atom stereocenters. The fraction of sp³-hybridized carbons (Fsp3) is 0.333. The van der Waals surface area contributed by atoms with Crippen LogP contribution < -0.4 is 0 Å². The number of esters is 1. The summed E-state index contributed by atoms with van der Waals surface area (Å²) in [7, 11) is 0. The fourth-order valence-electron chi connectivity index (χ4n) is 1.23. The van der Waals surface area contributed by atoms with Crippen LogP contribution in [0.3, 0.4) is 0 Å². The monoisotopic (exact) mass is 221 g/mol. The minimum absolute atomic E-state index is 0.0745. The number of rotatable bonds is 4. The van der Waals surface area contributed by atoms with Crippen LogP contribution in [-0.4, -0.2) is 22.7 Å². The summed E-state index contributed by atoms with van der Waals surface area (Å²) in [5, 5.41) is 9.60. The number of aromatic hydroxyl groups is 1. The summed E-state index contributed by atoms with van der Waals surface area (Å²) in [5.74, 6) is -0.380. The van der Waals surface area contributed by atoms with E-state index in [2.05, 4.69) is 11.6 Å². The molecule has 4 nitrogen and oxygen atoms in total. The van der Waals surface area contributed by atoms with E-state index in [4.69, 9.17) is 4.74 Å². The summed E-state index contributed by atoms with van der Waals surface area (Å²) < 4.78 is 4.79. The number of carbonyl (C=O) groups excluding carboxylic acids is 1. The standard InChI is InChI=1S/C12H15NO3/c1-4-16-12(15)9(3)6-10-11(14)5-8(2)7-13-10/h5,7,14H,3-4,6H2,1-2H3. The van der Waals surface area contributed by atoms with Gasteiger partial charge in [-0.05, 0) is 25.5 Å². The van der Waals surface area contributed by atoms with Crippen molar-refractivity contribution in [2.45, 2.75) is 20.3 Å². The lowest BCUT2D eigenvalue weighted by Gasteiger charge is -2.06. The van der Waals surface area contributed by atoms with Gasteiger partial charge < -0.3 is 9.84 Å². The molecule has 1 rings (SSSR count). The van der Waals surface area contributed by atoms with E-state index in [1.807, 2.05) is 6.92 Å². The van der Waals surface area contributed by atoms with Gasteiger partial charge in [0.1, 0.15) is 5.75 Å². The second-order valence-electron chi connectivity index (χ2n) is 3.48. The number of pyridine rings is 1. The first kappa shape index (κ1) is 12.2. The van der Waals surface area contributed by atoms with E-state index < -0.39 is 5.97 Å². The van der Waals surface area contributed by atoms with Gasteiger partial charge in [-0.15, -0.1) is 0 Å². The first-order valence-electron chi connectivity index (χ1n) is 5.04. The molecule has 0 aliphatic rings. The quantitative estimate of drug-likeness (QED) is 0.621. The van der Waals surface area contributed by atoms with Gasteiger partial charge >= 0.3 is 5.97 Å². The molecule has 4 heteroatoms. The number of aryl methyl sites for hydroxylation is 1. The Labute approximate surface area is 94.6 Å². The molecule has 0 radical (unpaired) electrons. The maximum Gasteiger partial charge on any atom is 0.333 e. The van der Waals surface area contributed by atoms with E-state index in [9.17, 15) is 9.90 Å². The van der Waals surface area contributed by atoms with E-state index in [1.54, 1.807) is 19.2 Å². The van der Waals surface area contributed by atoms with E-state index >= 15 is 0 Å². The van der Waals surface area contributed by atoms with E-state index in [0.717, 1.165) is 5.56 Å². The van der Waals surface area contributed by atoms with Gasteiger partial charge in [-0.25, -0.2) is 4.79 Å². The molecule has 1 aromatic heterocycles. The Hall–Kier alpha value is -1.84. The van der Waals surface area contributed by atoms with E-state index in [-0.39, 0.29) is 17.7 Å². The molecule has 1 aromatic rings. The lowest BCUT2D eigenvalue weighted by atomic mass is 10.1. The third kappa shape index (κ3) is 3.08. The highest BCUT2D eigenvalue weighted by Gasteiger charge is 2.12. The number of ether oxygens (including phenoxy) is 1. The van der Waals surface area contributed by atoms with Gasteiger partial charge in [0.25, 0.3) is 0 Å². The van der Waals surface area contributed by atoms with Crippen molar-refractivity contribution in [3.05, 3.63) is 35.7 Å². The first-order chi connectivity index (χ1) is 7.54. The van der Waals surface area contributed by atoms with Crippen LogP contribution in [0.2, 0.25) is 0 Å². The highest BCUT2D eigenvalue weighted by atomic mass is 16.5. The Morgan fingerprint density at radius 3 is 2.88 bits per heavy atom. The Balaban J connectivity index is 2.73. The summed E-state index contributed by atoms with van der Waals surface area (Å²) in [6.07, 6.45) is 1.83. The van der Waals surface area contributed by atoms with Gasteiger partial charge in [-0.1, -0.05) is 6.58 Å². The second kappa shape index (κ2) is 5.30. The molecule has 0 saturated carbocycles. The van der Waals surface area contributed by atoms with E-state index in [0.29, 0.717) is 12.3 Å². The minimum Gasteiger partial charge on any atom is -0.506 e. The highest BCUT2D eigenvalue weighted by Crippen LogP contribution is 2.18. The molecule has 0 amide bonds. The molecule has 0 fully saturated rings. The van der Waals surface area contributed by atoms with E-state index in [1.165, 1.54) is 0 Å². The van der Waals surface area contributed by atoms with Crippen LogP contribution in [0.15, 0.2) is 24.4 Å². The predicted molar refractivity (Wildman–Crippen MR) is 60.1 cm³/mol. The Morgan fingerprint density at radius 2 is 2.31 bits per heavy atom. The predicted octanol–water partition coefficient (Wildman–Crippen LogP) is 1.76. The number of hydrogen-bond donors (Lipinski definition) is 1. The number of hydrogen-bond acceptors (Lipinski definition) is 4. The van der Waals surface area contributed by atoms with Crippen LogP contribution in [0.5, 0.6) is 5.75 Å². The van der Waals surface area contributed by atoms with Gasteiger partial charge in [0.2, 0.25) is 0 Å². The average molecular weight is 221 g/mol. The minimum atomic E-state index is -0.454. The lowest BCUT2D eigenvalue weighted by Crippen LogP contribution is -2.09. The van der Waals surface area contributed by atoms with Crippen LogP contribution in [0.25, 0.3) is 0 Å². The topological polar surface area (TPSA) is 59.4 Å². The van der Waals surface area contributed by atoms with Crippen molar-refractivity contribution < 1.29 is 14.6 Å². The molecule has 0 spiro atoms. The normalized spacial score (nSPS) is 9.88. The van der Waals surface area contributed by atoms with Crippen LogP contribution >= 0.6 is 0 Å². The van der Waals surface area contributed by atoms with Crippen LogP contribution in [0.1, 0.15) is 18.2 Å². The largest absolute Gasteiger partial charge is 0.506 e. The summed E-state index contributed by atoms with van der Waals surface area (Å²) in [6.45, 7) is 7.48. The number of nitrogens with zero attached hydrogens (tertiary/aromatic N) is 1. The molecule has 0 aliphatic carbocycles. The van der Waals surface area contributed by atoms with Crippen LogP contribution in [0.4, 0.5) is 0 Å². The van der Waals surface area contributed by atoms with Gasteiger partial charge in [0.05, 0.1) is 12.3 Å². The fourth-order valence-corrected chi connectivity index (χ4v) is 1.23. The molecular weight excluding hydrogens is 206 g/mol. The first-order valence-corrected chi connectivity index (χ1v) is 5.04. The third-order valence-corrected chi connectivity index (χ3v) is 2.03. The Bertz CT molecular complexity index is 413. The smallest absolute Gasteiger partial charge is 0.333 e. The van der Waals surface area contributed by atoms with Gasteiger partial charge in [0.15, 0.2) is 0 Å². The van der Waals surface area contributed by atoms with Crippen molar-refractivity contribution in [3.8, 4) is 5.75 Å². The zero-order chi connectivity index (χ0) is 12.1. The maximum absolute atomic E-state index is 11.3. The third-order valence-electron chi connectivity index (χ3n) is 2.03. The SMILES string of the molecule is C=C(Cc1ncc(C)cc1O)C(=O)OCC. The molecule has 16 heavy (non-hydrogen) atoms. The van der Waals surface area contributed by atoms with Gasteiger partial charge in [0, 0.05) is 18.2 Å². The summed E-state index contributed by atoms with van der Waals surface area (Å²) in [6, 6.07) is 1.60. The Morgan fingerprint density at radius 1 is 1.62 bits per heavy atom. The summed E-state index contributed by atoms with van der Waals surface area (Å²) >= 11 is 0. The molecule has 0 unspecified atom stereocenters. The van der Waals surface area contributed by atoms with Crippen molar-refractivity contribution in [2.75, 3.05) is 6.61 Å². The number of aromatic nitrogens is 1. The molecule has 0 bridgehead atoms. The molecule has 86 valence electrons. The summed E-state index contributed by atoms with van der Waals surface area (Å²) in [4.78, 5) is 15.3. The number of carbonyl (C=O) groups is 1. The molecule has 1 heterocycles. The average Bonchev–Trinajstić information content (AvgIpc) is 2.22. The Kier molecular flexibility index (Phi) is 4.05. The lowest BCUT2D eigenvalue weighted by molar-refractivity contribution is -0.138. The van der Waals surface area contributed by atoms with Crippen molar-refractivity contribution >= 4 is 5.97 Å². The molecule has 0 aromatic carbocycles. The zero-order valence-corrected chi connectivity index (χ0v) is 9.49. The van der Waals surface area contributed by atoms with Crippen molar-refractivity contribution in [1.29, 1.82) is 0 Å². The van der Waals surface area contributed by atoms with Crippen molar-refractivity contribution in [2.24, 2.45) is 0 Å². The van der Waals surface area contributed by atoms with Crippen LogP contribution in [0, 0.1) is 6.92 Å². The van der Waals surface area contributed by atoms with Crippen molar-refractivity contribution in [1.82, 2.24) is 4.98 Å². The maximum atomic E-state index is 11.3. The zero-order valence-electron chi connectivity index (χ0n) is 9.49. The summed E-state index contributed by atoms with van der Waals surface area (Å²) in [5.41, 5.74) is 1.58. The highest BCUT2D eigenvalue weighted by molar-refractivity contribution is 5.88.